The summed E-state index contributed by atoms with van der Waals surface area (Å²) in [5, 5.41) is 1.23. The summed E-state index contributed by atoms with van der Waals surface area (Å²) in [5.74, 6) is 0.876. The Balaban J connectivity index is 0.00000225. The molecular formula is C24H23IN2O. The number of rotatable bonds is 5. The third-order valence-corrected chi connectivity index (χ3v) is 4.78. The van der Waals surface area contributed by atoms with Crippen LogP contribution in [0, 0.1) is 0 Å². The van der Waals surface area contributed by atoms with Crippen LogP contribution in [0.25, 0.3) is 23.1 Å². The molecule has 2 aromatic carbocycles. The van der Waals surface area contributed by atoms with Crippen molar-refractivity contribution < 1.29 is 33.3 Å². The highest BCUT2D eigenvalue weighted by atomic mass is 127. The summed E-state index contributed by atoms with van der Waals surface area (Å²) >= 11 is 0. The summed E-state index contributed by atoms with van der Waals surface area (Å²) in [6, 6.07) is 21.0. The van der Waals surface area contributed by atoms with Gasteiger partial charge in [0.2, 0.25) is 0 Å². The van der Waals surface area contributed by atoms with E-state index < -0.39 is 0 Å². The molecule has 3 nitrogen and oxygen atoms in total. The molecule has 0 saturated heterocycles. The van der Waals surface area contributed by atoms with Crippen LogP contribution in [0.1, 0.15) is 16.7 Å². The first kappa shape index (κ1) is 20.1. The lowest BCUT2D eigenvalue weighted by Crippen LogP contribution is -3.00. The molecule has 0 atom stereocenters. The molecule has 0 radical (unpaired) electrons. The summed E-state index contributed by atoms with van der Waals surface area (Å²) in [4.78, 5) is 0. The average molecular weight is 482 g/mol. The number of pyridine rings is 1. The van der Waals surface area contributed by atoms with Crippen molar-refractivity contribution in [3.05, 3.63) is 95.9 Å². The molecule has 0 N–H and O–H groups in total. The van der Waals surface area contributed by atoms with Gasteiger partial charge in [-0.3, -0.25) is 0 Å². The van der Waals surface area contributed by atoms with E-state index in [0.717, 1.165) is 12.3 Å². The number of hydrogen-bond acceptors (Lipinski definition) is 1. The van der Waals surface area contributed by atoms with Gasteiger partial charge in [0.25, 0.3) is 0 Å². The lowest BCUT2D eigenvalue weighted by atomic mass is 10.1. The summed E-state index contributed by atoms with van der Waals surface area (Å²) < 4.78 is 9.77. The Bertz CT molecular complexity index is 1080. The topological polar surface area (TPSA) is 18.0 Å². The first-order valence-electron chi connectivity index (χ1n) is 9.07. The molecule has 0 aliphatic carbocycles. The van der Waals surface area contributed by atoms with Crippen molar-refractivity contribution in [2.75, 3.05) is 7.11 Å². The maximum atomic E-state index is 5.44. The maximum Gasteiger partial charge on any atom is 0.169 e. The second-order valence-corrected chi connectivity index (χ2v) is 6.71. The van der Waals surface area contributed by atoms with Crippen LogP contribution in [-0.2, 0) is 13.6 Å². The third-order valence-electron chi connectivity index (χ3n) is 4.78. The van der Waals surface area contributed by atoms with Crippen molar-refractivity contribution in [3.63, 3.8) is 0 Å². The highest BCUT2D eigenvalue weighted by Gasteiger charge is 2.09. The van der Waals surface area contributed by atoms with E-state index in [1.807, 2.05) is 23.7 Å². The lowest BCUT2D eigenvalue weighted by Gasteiger charge is -2.06. The van der Waals surface area contributed by atoms with Gasteiger partial charge < -0.3 is 33.3 Å². The zero-order valence-electron chi connectivity index (χ0n) is 16.0. The van der Waals surface area contributed by atoms with Crippen LogP contribution in [0.4, 0.5) is 0 Å². The Labute approximate surface area is 182 Å². The van der Waals surface area contributed by atoms with Crippen LogP contribution in [0.2, 0.25) is 0 Å². The van der Waals surface area contributed by atoms with Gasteiger partial charge >= 0.3 is 0 Å². The Morgan fingerprint density at radius 1 is 0.964 bits per heavy atom. The first-order valence-corrected chi connectivity index (χ1v) is 9.07. The molecule has 0 bridgehead atoms. The van der Waals surface area contributed by atoms with Gasteiger partial charge in [0.1, 0.15) is 12.8 Å². The SMILES string of the molecule is COc1ccc2c(C=Cc3cc[n+](C)cc3)cn(Cc3ccccc3)c2c1.[I-]. The number of hydrogen-bond donors (Lipinski definition) is 0. The highest BCUT2D eigenvalue weighted by molar-refractivity contribution is 5.93. The zero-order chi connectivity index (χ0) is 18.6. The van der Waals surface area contributed by atoms with Crippen molar-refractivity contribution in [3.8, 4) is 5.75 Å². The molecule has 28 heavy (non-hydrogen) atoms. The van der Waals surface area contributed by atoms with Gasteiger partial charge in [0.05, 0.1) is 12.6 Å². The van der Waals surface area contributed by atoms with Gasteiger partial charge in [-0.1, -0.05) is 42.5 Å². The van der Waals surface area contributed by atoms with E-state index in [1.54, 1.807) is 7.11 Å². The van der Waals surface area contributed by atoms with Gasteiger partial charge in [0, 0.05) is 41.9 Å². The molecule has 0 fully saturated rings. The number of aryl methyl sites for hydroxylation is 1. The number of aromatic nitrogens is 2. The molecule has 4 rings (SSSR count). The first-order chi connectivity index (χ1) is 13.2. The Kier molecular flexibility index (Phi) is 6.52. The fraction of sp³-hybridized carbons (Fsp3) is 0.125. The van der Waals surface area contributed by atoms with Gasteiger partial charge in [-0.05, 0) is 23.3 Å². The van der Waals surface area contributed by atoms with Gasteiger partial charge in [-0.25, -0.2) is 4.57 Å². The van der Waals surface area contributed by atoms with E-state index >= 15 is 0 Å². The maximum absolute atomic E-state index is 5.44. The van der Waals surface area contributed by atoms with Crippen LogP contribution in [0.5, 0.6) is 5.75 Å². The second kappa shape index (κ2) is 9.06. The molecule has 4 aromatic rings. The van der Waals surface area contributed by atoms with Crippen molar-refractivity contribution in [2.45, 2.75) is 6.54 Å². The summed E-state index contributed by atoms with van der Waals surface area (Å²) in [6.07, 6.45) is 10.7. The van der Waals surface area contributed by atoms with Crippen LogP contribution in [0.3, 0.4) is 0 Å². The Morgan fingerprint density at radius 2 is 1.71 bits per heavy atom. The van der Waals surface area contributed by atoms with Gasteiger partial charge in [0.15, 0.2) is 12.4 Å². The van der Waals surface area contributed by atoms with Crippen molar-refractivity contribution >= 4 is 23.1 Å². The van der Waals surface area contributed by atoms with Gasteiger partial charge in [-0.15, -0.1) is 0 Å². The van der Waals surface area contributed by atoms with E-state index in [0.29, 0.717) is 0 Å². The summed E-state index contributed by atoms with van der Waals surface area (Å²) in [7, 11) is 3.74. The number of methoxy groups -OCH3 is 1. The molecule has 0 saturated carbocycles. The number of fused-ring (bicyclic) bond motifs is 1. The fourth-order valence-corrected chi connectivity index (χ4v) is 3.28. The molecular weight excluding hydrogens is 459 g/mol. The molecule has 142 valence electrons. The minimum absolute atomic E-state index is 0. The highest BCUT2D eigenvalue weighted by Crippen LogP contribution is 2.28. The number of nitrogens with zero attached hydrogens (tertiary/aromatic N) is 2. The molecule has 0 amide bonds. The Hall–Kier alpha value is -2.60. The third kappa shape index (κ3) is 4.44. The Morgan fingerprint density at radius 3 is 2.43 bits per heavy atom. The van der Waals surface area contributed by atoms with E-state index in [9.17, 15) is 0 Å². The van der Waals surface area contributed by atoms with Crippen LogP contribution >= 0.6 is 0 Å². The minimum Gasteiger partial charge on any atom is -1.00 e. The molecule has 0 aliphatic rings. The normalized spacial score (nSPS) is 10.9. The quantitative estimate of drug-likeness (QED) is 0.313. The number of halogens is 1. The monoisotopic (exact) mass is 482 g/mol. The van der Waals surface area contributed by atoms with Crippen LogP contribution in [0.15, 0.2) is 79.3 Å². The number of benzene rings is 2. The van der Waals surface area contributed by atoms with Crippen molar-refractivity contribution in [2.24, 2.45) is 7.05 Å². The molecule has 4 heteroatoms. The molecule has 0 spiro atoms. The van der Waals surface area contributed by atoms with Crippen molar-refractivity contribution in [1.29, 1.82) is 0 Å². The minimum atomic E-state index is 0. The van der Waals surface area contributed by atoms with E-state index in [2.05, 4.69) is 83.8 Å². The fourth-order valence-electron chi connectivity index (χ4n) is 3.28. The van der Waals surface area contributed by atoms with Crippen molar-refractivity contribution in [1.82, 2.24) is 4.57 Å². The summed E-state index contributed by atoms with van der Waals surface area (Å²) in [6.45, 7) is 0.833. The summed E-state index contributed by atoms with van der Waals surface area (Å²) in [5.41, 5.74) is 4.85. The standard InChI is InChI=1S/C24H23N2O.HI/c1-25-14-12-19(13-15-25)8-9-21-18-26(17-20-6-4-3-5-7-20)24-16-22(27-2)10-11-23(21)24;/h3-16,18H,17H2,1-2H3;1H/q+1;/p-1. The predicted octanol–water partition coefficient (Wildman–Crippen LogP) is 1.70. The van der Waals surface area contributed by atoms with Crippen LogP contribution in [-0.4, -0.2) is 11.7 Å². The number of ether oxygens (including phenoxy) is 1. The molecule has 0 unspecified atom stereocenters. The lowest BCUT2D eigenvalue weighted by molar-refractivity contribution is -0.671. The van der Waals surface area contributed by atoms with Gasteiger partial charge in [-0.2, -0.15) is 0 Å². The van der Waals surface area contributed by atoms with E-state index in [1.165, 1.54) is 27.6 Å². The molecule has 2 heterocycles. The smallest absolute Gasteiger partial charge is 0.169 e. The second-order valence-electron chi connectivity index (χ2n) is 6.71. The van der Waals surface area contributed by atoms with E-state index in [-0.39, 0.29) is 24.0 Å². The molecule has 0 aliphatic heterocycles. The average Bonchev–Trinajstić information content (AvgIpc) is 3.05. The predicted molar refractivity (Wildman–Crippen MR) is 111 cm³/mol. The zero-order valence-corrected chi connectivity index (χ0v) is 18.2. The van der Waals surface area contributed by atoms with E-state index in [4.69, 9.17) is 4.74 Å². The van der Waals surface area contributed by atoms with Crippen LogP contribution < -0.4 is 33.3 Å². The molecule has 2 aromatic heterocycles. The largest absolute Gasteiger partial charge is 1.00 e.